The third kappa shape index (κ3) is 3.26. The summed E-state index contributed by atoms with van der Waals surface area (Å²) in [6.07, 6.45) is 3.35. The number of nitro groups is 2. The average Bonchev–Trinajstić information content (AvgIpc) is 2.45. The molecule has 2 aromatic rings. The minimum atomic E-state index is -0.646. The molecule has 0 aromatic heterocycles. The van der Waals surface area contributed by atoms with Gasteiger partial charge in [-0.25, -0.2) is 0 Å². The van der Waals surface area contributed by atoms with Crippen LogP contribution in [0.25, 0.3) is 12.2 Å². The van der Waals surface area contributed by atoms with Crippen LogP contribution in [0.3, 0.4) is 0 Å². The molecule has 0 atom stereocenters. The topological polar surface area (TPSA) is 86.3 Å². The first-order valence-electron chi connectivity index (χ1n) is 5.73. The predicted molar refractivity (Wildman–Crippen MR) is 75.1 cm³/mol. The summed E-state index contributed by atoms with van der Waals surface area (Å²) in [5.74, 6) is 0. The Balaban J connectivity index is 2.38. The molecule has 0 aliphatic carbocycles. The van der Waals surface area contributed by atoms with E-state index in [0.717, 1.165) is 11.6 Å². The van der Waals surface area contributed by atoms with Gasteiger partial charge in [0.2, 0.25) is 0 Å². The zero-order valence-electron chi connectivity index (χ0n) is 10.3. The molecule has 0 radical (unpaired) electrons. The Bertz CT molecular complexity index is 649. The molecule has 2 rings (SSSR count). The van der Waals surface area contributed by atoms with Crippen molar-refractivity contribution in [3.05, 3.63) is 79.9 Å². The highest BCUT2D eigenvalue weighted by Crippen LogP contribution is 2.23. The molecule has 0 saturated carbocycles. The van der Waals surface area contributed by atoms with Gasteiger partial charge in [-0.05, 0) is 11.1 Å². The lowest BCUT2D eigenvalue weighted by molar-refractivity contribution is -0.394. The Hall–Kier alpha value is -3.02. The SMILES string of the molecule is O=[N+]([O-])c1cc(/C=C\c2ccccc2)cc([N+](=O)[O-])c1. The van der Waals surface area contributed by atoms with Crippen LogP contribution in [0.15, 0.2) is 48.5 Å². The molecule has 0 bridgehead atoms. The smallest absolute Gasteiger partial charge is 0.258 e. The molecule has 20 heavy (non-hydrogen) atoms. The van der Waals surface area contributed by atoms with Crippen LogP contribution < -0.4 is 0 Å². The minimum absolute atomic E-state index is 0.299. The summed E-state index contributed by atoms with van der Waals surface area (Å²) >= 11 is 0. The van der Waals surface area contributed by atoms with E-state index in [-0.39, 0.29) is 11.4 Å². The van der Waals surface area contributed by atoms with E-state index in [4.69, 9.17) is 0 Å². The summed E-state index contributed by atoms with van der Waals surface area (Å²) in [7, 11) is 0. The molecule has 6 nitrogen and oxygen atoms in total. The Morgan fingerprint density at radius 3 is 1.75 bits per heavy atom. The van der Waals surface area contributed by atoms with Crippen molar-refractivity contribution in [2.75, 3.05) is 0 Å². The first-order valence-corrected chi connectivity index (χ1v) is 5.73. The second-order valence-corrected chi connectivity index (χ2v) is 4.04. The molecule has 6 heteroatoms. The van der Waals surface area contributed by atoms with Crippen LogP contribution in [0, 0.1) is 20.2 Å². The summed E-state index contributed by atoms with van der Waals surface area (Å²) in [6, 6.07) is 12.9. The number of benzene rings is 2. The highest BCUT2D eigenvalue weighted by Gasteiger charge is 2.15. The van der Waals surface area contributed by atoms with Crippen molar-refractivity contribution in [3.63, 3.8) is 0 Å². The van der Waals surface area contributed by atoms with E-state index in [2.05, 4.69) is 0 Å². The molecule has 0 N–H and O–H groups in total. The molecule has 100 valence electrons. The zero-order chi connectivity index (χ0) is 14.5. The number of rotatable bonds is 4. The molecule has 0 fully saturated rings. The van der Waals surface area contributed by atoms with Crippen LogP contribution in [0.2, 0.25) is 0 Å². The molecule has 0 heterocycles. The summed E-state index contributed by atoms with van der Waals surface area (Å²) in [4.78, 5) is 20.2. The maximum atomic E-state index is 10.8. The van der Waals surface area contributed by atoms with Crippen LogP contribution in [0.1, 0.15) is 11.1 Å². The molecule has 2 aromatic carbocycles. The van der Waals surface area contributed by atoms with E-state index in [0.29, 0.717) is 5.56 Å². The summed E-state index contributed by atoms with van der Waals surface area (Å²) < 4.78 is 0. The third-order valence-electron chi connectivity index (χ3n) is 2.61. The van der Waals surface area contributed by atoms with Crippen molar-refractivity contribution in [1.29, 1.82) is 0 Å². The number of hydrogen-bond donors (Lipinski definition) is 0. The Labute approximate surface area is 114 Å². The summed E-state index contributed by atoms with van der Waals surface area (Å²) in [5.41, 5.74) is 0.718. The molecular formula is C14H10N2O4. The second kappa shape index (κ2) is 5.75. The van der Waals surface area contributed by atoms with Gasteiger partial charge in [0.25, 0.3) is 11.4 Å². The fraction of sp³-hybridized carbons (Fsp3) is 0. The van der Waals surface area contributed by atoms with Crippen LogP contribution >= 0.6 is 0 Å². The van der Waals surface area contributed by atoms with Gasteiger partial charge >= 0.3 is 0 Å². The van der Waals surface area contributed by atoms with Gasteiger partial charge < -0.3 is 0 Å². The third-order valence-corrected chi connectivity index (χ3v) is 2.61. The molecule has 0 saturated heterocycles. The molecular weight excluding hydrogens is 260 g/mol. The van der Waals surface area contributed by atoms with Crippen LogP contribution in [0.4, 0.5) is 11.4 Å². The van der Waals surface area contributed by atoms with E-state index in [1.807, 2.05) is 30.3 Å². The van der Waals surface area contributed by atoms with Gasteiger partial charge in [0.1, 0.15) is 0 Å². The van der Waals surface area contributed by atoms with Crippen molar-refractivity contribution >= 4 is 23.5 Å². The largest absolute Gasteiger partial charge is 0.276 e. The van der Waals surface area contributed by atoms with Gasteiger partial charge in [0, 0.05) is 12.1 Å². The Morgan fingerprint density at radius 1 is 0.750 bits per heavy atom. The minimum Gasteiger partial charge on any atom is -0.258 e. The summed E-state index contributed by atoms with van der Waals surface area (Å²) in [5, 5.41) is 21.5. The number of nitro benzene ring substituents is 2. The monoisotopic (exact) mass is 270 g/mol. The van der Waals surface area contributed by atoms with Crippen LogP contribution in [-0.4, -0.2) is 9.85 Å². The van der Waals surface area contributed by atoms with Gasteiger partial charge in [-0.15, -0.1) is 0 Å². The fourth-order valence-corrected chi connectivity index (χ4v) is 1.68. The van der Waals surface area contributed by atoms with E-state index in [1.54, 1.807) is 12.2 Å². The standard InChI is InChI=1S/C14H10N2O4/c17-15(18)13-8-12(9-14(10-13)16(19)20)7-6-11-4-2-1-3-5-11/h1-10H/b7-6-. The van der Waals surface area contributed by atoms with Crippen molar-refractivity contribution in [3.8, 4) is 0 Å². The first kappa shape index (κ1) is 13.4. The Morgan fingerprint density at radius 2 is 1.25 bits per heavy atom. The van der Waals surface area contributed by atoms with Gasteiger partial charge in [0.15, 0.2) is 0 Å². The van der Waals surface area contributed by atoms with Gasteiger partial charge in [-0.3, -0.25) is 20.2 Å². The van der Waals surface area contributed by atoms with E-state index in [1.165, 1.54) is 12.1 Å². The number of hydrogen-bond acceptors (Lipinski definition) is 4. The van der Waals surface area contributed by atoms with E-state index < -0.39 is 9.85 Å². The average molecular weight is 270 g/mol. The lowest BCUT2D eigenvalue weighted by Gasteiger charge is -1.97. The molecule has 0 aliphatic heterocycles. The Kier molecular flexibility index (Phi) is 3.85. The number of non-ortho nitro benzene ring substituents is 2. The zero-order valence-corrected chi connectivity index (χ0v) is 10.3. The van der Waals surface area contributed by atoms with Crippen LogP contribution in [0.5, 0.6) is 0 Å². The van der Waals surface area contributed by atoms with Crippen LogP contribution in [-0.2, 0) is 0 Å². The highest BCUT2D eigenvalue weighted by atomic mass is 16.6. The van der Waals surface area contributed by atoms with E-state index in [9.17, 15) is 20.2 Å². The molecule has 0 amide bonds. The maximum Gasteiger partial charge on any atom is 0.276 e. The second-order valence-electron chi connectivity index (χ2n) is 4.04. The van der Waals surface area contributed by atoms with Crippen molar-refractivity contribution in [1.82, 2.24) is 0 Å². The fourth-order valence-electron chi connectivity index (χ4n) is 1.68. The normalized spacial score (nSPS) is 10.6. The summed E-state index contributed by atoms with van der Waals surface area (Å²) in [6.45, 7) is 0. The number of nitrogens with zero attached hydrogens (tertiary/aromatic N) is 2. The molecule has 0 aliphatic rings. The van der Waals surface area contributed by atoms with Gasteiger partial charge in [-0.1, -0.05) is 42.5 Å². The van der Waals surface area contributed by atoms with Crippen molar-refractivity contribution < 1.29 is 9.85 Å². The maximum absolute atomic E-state index is 10.8. The quantitative estimate of drug-likeness (QED) is 0.481. The van der Waals surface area contributed by atoms with E-state index >= 15 is 0 Å². The first-order chi connectivity index (χ1) is 9.56. The van der Waals surface area contributed by atoms with Crippen molar-refractivity contribution in [2.24, 2.45) is 0 Å². The van der Waals surface area contributed by atoms with Gasteiger partial charge in [-0.2, -0.15) is 0 Å². The highest BCUT2D eigenvalue weighted by molar-refractivity contribution is 5.72. The predicted octanol–water partition coefficient (Wildman–Crippen LogP) is 3.67. The lowest BCUT2D eigenvalue weighted by atomic mass is 10.1. The van der Waals surface area contributed by atoms with Crippen molar-refractivity contribution in [2.45, 2.75) is 0 Å². The lowest BCUT2D eigenvalue weighted by Crippen LogP contribution is -1.93. The molecule has 0 unspecified atom stereocenters. The molecule has 0 spiro atoms. The van der Waals surface area contributed by atoms with Gasteiger partial charge in [0.05, 0.1) is 15.9 Å².